The highest BCUT2D eigenvalue weighted by molar-refractivity contribution is 5.76. The van der Waals surface area contributed by atoms with E-state index in [9.17, 15) is 4.79 Å². The monoisotopic (exact) mass is 340 g/mol. The molecule has 0 radical (unpaired) electrons. The number of carbonyl (C=O) groups is 1. The molecule has 0 bridgehead atoms. The van der Waals surface area contributed by atoms with Gasteiger partial charge in [-0.3, -0.25) is 9.69 Å². The number of furan rings is 1. The second-order valence-electron chi connectivity index (χ2n) is 6.95. The van der Waals surface area contributed by atoms with Gasteiger partial charge in [-0.25, -0.2) is 0 Å². The van der Waals surface area contributed by atoms with Gasteiger partial charge in [0.25, 0.3) is 0 Å². The van der Waals surface area contributed by atoms with Crippen molar-refractivity contribution in [2.75, 3.05) is 19.6 Å². The summed E-state index contributed by atoms with van der Waals surface area (Å²) >= 11 is 0. The number of benzene rings is 1. The van der Waals surface area contributed by atoms with Gasteiger partial charge in [0.05, 0.1) is 12.3 Å². The molecule has 2 atom stereocenters. The molecule has 1 N–H and O–H groups in total. The normalized spacial score (nSPS) is 17.8. The maximum absolute atomic E-state index is 12.4. The molecule has 1 aromatic carbocycles. The van der Waals surface area contributed by atoms with Crippen molar-refractivity contribution < 1.29 is 9.21 Å². The Morgan fingerprint density at radius 2 is 1.88 bits per heavy atom. The molecular formula is C21H28N2O2. The molecular weight excluding hydrogens is 312 g/mol. The third-order valence-electron chi connectivity index (χ3n) is 5.06. The predicted molar refractivity (Wildman–Crippen MR) is 99.4 cm³/mol. The van der Waals surface area contributed by atoms with Gasteiger partial charge in [0.1, 0.15) is 5.76 Å². The molecule has 1 fully saturated rings. The number of carbonyl (C=O) groups excluding carboxylic acids is 1. The van der Waals surface area contributed by atoms with E-state index < -0.39 is 0 Å². The van der Waals surface area contributed by atoms with E-state index >= 15 is 0 Å². The van der Waals surface area contributed by atoms with E-state index in [0.29, 0.717) is 13.0 Å². The fraction of sp³-hybridized carbons (Fsp3) is 0.476. The SMILES string of the molecule is CC(CC(=O)NCC(c1ccco1)N1CCCCC1)c1ccccc1. The Morgan fingerprint density at radius 3 is 2.56 bits per heavy atom. The maximum atomic E-state index is 12.4. The molecule has 1 amide bonds. The summed E-state index contributed by atoms with van der Waals surface area (Å²) in [4.78, 5) is 14.9. The minimum Gasteiger partial charge on any atom is -0.468 e. The van der Waals surface area contributed by atoms with Gasteiger partial charge in [-0.05, 0) is 49.5 Å². The fourth-order valence-electron chi connectivity index (χ4n) is 3.58. The lowest BCUT2D eigenvalue weighted by Gasteiger charge is -2.33. The lowest BCUT2D eigenvalue weighted by Crippen LogP contribution is -2.40. The largest absolute Gasteiger partial charge is 0.468 e. The van der Waals surface area contributed by atoms with E-state index in [-0.39, 0.29) is 17.9 Å². The number of likely N-dealkylation sites (tertiary alicyclic amines) is 1. The molecule has 2 unspecified atom stereocenters. The first kappa shape index (κ1) is 17.7. The molecule has 2 aromatic rings. The van der Waals surface area contributed by atoms with Crippen LogP contribution < -0.4 is 5.32 Å². The molecule has 1 aliphatic heterocycles. The summed E-state index contributed by atoms with van der Waals surface area (Å²) in [6, 6.07) is 14.3. The number of nitrogens with one attached hydrogen (secondary N) is 1. The molecule has 0 aliphatic carbocycles. The van der Waals surface area contributed by atoms with Crippen LogP contribution in [0.25, 0.3) is 0 Å². The van der Waals surface area contributed by atoms with Gasteiger partial charge in [-0.15, -0.1) is 0 Å². The minimum atomic E-state index is 0.102. The Morgan fingerprint density at radius 1 is 1.12 bits per heavy atom. The number of nitrogens with zero attached hydrogens (tertiary/aromatic N) is 1. The predicted octanol–water partition coefficient (Wildman–Crippen LogP) is 4.12. The van der Waals surface area contributed by atoms with Gasteiger partial charge in [-0.2, -0.15) is 0 Å². The zero-order valence-corrected chi connectivity index (χ0v) is 15.0. The first-order chi connectivity index (χ1) is 12.2. The lowest BCUT2D eigenvalue weighted by atomic mass is 9.97. The van der Waals surface area contributed by atoms with Crippen LogP contribution >= 0.6 is 0 Å². The van der Waals surface area contributed by atoms with Crippen molar-refractivity contribution >= 4 is 5.91 Å². The molecule has 134 valence electrons. The van der Waals surface area contributed by atoms with Crippen molar-refractivity contribution in [2.45, 2.75) is 44.6 Å². The van der Waals surface area contributed by atoms with Crippen LogP contribution in [0.4, 0.5) is 0 Å². The third kappa shape index (κ3) is 4.95. The molecule has 1 aromatic heterocycles. The van der Waals surface area contributed by atoms with Crippen LogP contribution in [0.5, 0.6) is 0 Å². The second-order valence-corrected chi connectivity index (χ2v) is 6.95. The average molecular weight is 340 g/mol. The van der Waals surface area contributed by atoms with Crippen LogP contribution in [0.1, 0.15) is 55.9 Å². The molecule has 25 heavy (non-hydrogen) atoms. The van der Waals surface area contributed by atoms with Crippen molar-refractivity contribution in [3.63, 3.8) is 0 Å². The quantitative estimate of drug-likeness (QED) is 0.825. The highest BCUT2D eigenvalue weighted by Crippen LogP contribution is 2.25. The maximum Gasteiger partial charge on any atom is 0.220 e. The van der Waals surface area contributed by atoms with Crippen LogP contribution in [0.2, 0.25) is 0 Å². The summed E-state index contributed by atoms with van der Waals surface area (Å²) in [7, 11) is 0. The molecule has 0 spiro atoms. The Balaban J connectivity index is 1.56. The topological polar surface area (TPSA) is 45.5 Å². The summed E-state index contributed by atoms with van der Waals surface area (Å²) in [6.45, 7) is 4.85. The van der Waals surface area contributed by atoms with Gasteiger partial charge in [-0.1, -0.05) is 43.7 Å². The molecule has 4 nitrogen and oxygen atoms in total. The van der Waals surface area contributed by atoms with Gasteiger partial charge < -0.3 is 9.73 Å². The number of hydrogen-bond acceptors (Lipinski definition) is 3. The lowest BCUT2D eigenvalue weighted by molar-refractivity contribution is -0.121. The van der Waals surface area contributed by atoms with Crippen LogP contribution in [-0.2, 0) is 4.79 Å². The first-order valence-electron chi connectivity index (χ1n) is 9.33. The summed E-state index contributed by atoms with van der Waals surface area (Å²) in [6.07, 6.45) is 5.95. The van der Waals surface area contributed by atoms with Crippen LogP contribution in [0.3, 0.4) is 0 Å². The second kappa shape index (κ2) is 8.86. The van der Waals surface area contributed by atoms with E-state index in [1.54, 1.807) is 6.26 Å². The zero-order valence-electron chi connectivity index (χ0n) is 15.0. The van der Waals surface area contributed by atoms with Crippen molar-refractivity contribution in [3.05, 3.63) is 60.1 Å². The molecule has 0 saturated carbocycles. The van der Waals surface area contributed by atoms with E-state index in [2.05, 4.69) is 29.3 Å². The van der Waals surface area contributed by atoms with Gasteiger partial charge in [0, 0.05) is 13.0 Å². The fourth-order valence-corrected chi connectivity index (χ4v) is 3.58. The highest BCUT2D eigenvalue weighted by atomic mass is 16.3. The van der Waals surface area contributed by atoms with Crippen LogP contribution in [-0.4, -0.2) is 30.4 Å². The summed E-state index contributed by atoms with van der Waals surface area (Å²) in [5, 5.41) is 3.13. The minimum absolute atomic E-state index is 0.102. The van der Waals surface area contributed by atoms with E-state index in [1.807, 2.05) is 30.3 Å². The molecule has 2 heterocycles. The Bertz CT molecular complexity index is 633. The van der Waals surface area contributed by atoms with E-state index in [4.69, 9.17) is 4.42 Å². The number of hydrogen-bond donors (Lipinski definition) is 1. The van der Waals surface area contributed by atoms with Gasteiger partial charge >= 0.3 is 0 Å². The van der Waals surface area contributed by atoms with Crippen LogP contribution in [0.15, 0.2) is 53.1 Å². The van der Waals surface area contributed by atoms with Gasteiger partial charge in [0.15, 0.2) is 0 Å². The summed E-state index contributed by atoms with van der Waals surface area (Å²) < 4.78 is 5.64. The van der Waals surface area contributed by atoms with Gasteiger partial charge in [0.2, 0.25) is 5.91 Å². The highest BCUT2D eigenvalue weighted by Gasteiger charge is 2.25. The Kier molecular flexibility index (Phi) is 6.29. The summed E-state index contributed by atoms with van der Waals surface area (Å²) in [5.74, 6) is 1.27. The first-order valence-corrected chi connectivity index (χ1v) is 9.33. The number of rotatable bonds is 7. The Labute approximate surface area is 150 Å². The third-order valence-corrected chi connectivity index (χ3v) is 5.06. The van der Waals surface area contributed by atoms with Crippen molar-refractivity contribution in [3.8, 4) is 0 Å². The Hall–Kier alpha value is -2.07. The van der Waals surface area contributed by atoms with E-state index in [1.165, 1.54) is 24.8 Å². The van der Waals surface area contributed by atoms with E-state index in [0.717, 1.165) is 18.8 Å². The molecule has 1 saturated heterocycles. The van der Waals surface area contributed by atoms with Crippen molar-refractivity contribution in [1.82, 2.24) is 10.2 Å². The molecule has 3 rings (SSSR count). The van der Waals surface area contributed by atoms with Crippen molar-refractivity contribution in [1.29, 1.82) is 0 Å². The molecule has 1 aliphatic rings. The zero-order chi connectivity index (χ0) is 17.5. The summed E-state index contributed by atoms with van der Waals surface area (Å²) in [5.41, 5.74) is 1.20. The number of amides is 1. The number of piperidine rings is 1. The van der Waals surface area contributed by atoms with Crippen LogP contribution in [0, 0.1) is 0 Å². The smallest absolute Gasteiger partial charge is 0.220 e. The average Bonchev–Trinajstić information content (AvgIpc) is 3.18. The molecule has 4 heteroatoms. The standard InChI is InChI=1S/C21H28N2O2/c1-17(18-9-4-2-5-10-18)15-21(24)22-16-19(20-11-8-14-25-20)23-12-6-3-7-13-23/h2,4-5,8-11,14,17,19H,3,6-7,12-13,15-16H2,1H3,(H,22,24). The van der Waals surface area contributed by atoms with Crippen molar-refractivity contribution in [2.24, 2.45) is 0 Å².